The molecule has 18 heavy (non-hydrogen) atoms. The molecule has 1 aliphatic rings. The second-order valence-electron chi connectivity index (χ2n) is 4.80. The molecule has 0 radical (unpaired) electrons. The lowest BCUT2D eigenvalue weighted by Gasteiger charge is -2.23. The van der Waals surface area contributed by atoms with Crippen LogP contribution in [-0.2, 0) is 0 Å². The number of nitrogens with zero attached hydrogens (tertiary/aromatic N) is 4. The van der Waals surface area contributed by atoms with E-state index in [9.17, 15) is 0 Å². The fourth-order valence-corrected chi connectivity index (χ4v) is 2.40. The van der Waals surface area contributed by atoms with E-state index in [1.807, 2.05) is 6.92 Å². The third kappa shape index (κ3) is 2.72. The summed E-state index contributed by atoms with van der Waals surface area (Å²) < 4.78 is 0. The molecule has 100 valence electrons. The largest absolute Gasteiger partial charge is 0.357 e. The van der Waals surface area contributed by atoms with Crippen LogP contribution in [0.4, 0.5) is 11.6 Å². The highest BCUT2D eigenvalue weighted by atomic mass is 15.3. The minimum atomic E-state index is 0.275. The number of hydrogen-bond donors (Lipinski definition) is 1. The molecule has 2 heterocycles. The Labute approximate surface area is 109 Å². The Morgan fingerprint density at radius 1 is 1.39 bits per heavy atom. The average molecular weight is 249 g/mol. The molecule has 1 aliphatic heterocycles. The molecule has 1 saturated heterocycles. The zero-order valence-electron chi connectivity index (χ0n) is 11.6. The Bertz CT molecular complexity index is 402. The molecule has 0 spiro atoms. The first-order chi connectivity index (χ1) is 8.63. The van der Waals surface area contributed by atoms with E-state index in [0.717, 1.165) is 50.1 Å². The molecule has 1 aromatic rings. The summed E-state index contributed by atoms with van der Waals surface area (Å²) in [6, 6.07) is 2.36. The number of anilines is 2. The Hall–Kier alpha value is -1.36. The monoisotopic (exact) mass is 249 g/mol. The van der Waals surface area contributed by atoms with Crippen molar-refractivity contribution in [2.75, 3.05) is 36.0 Å². The number of hydrogen-bond acceptors (Lipinski definition) is 5. The fourth-order valence-electron chi connectivity index (χ4n) is 2.40. The maximum Gasteiger partial charge on any atom is 0.134 e. The highest BCUT2D eigenvalue weighted by Crippen LogP contribution is 2.22. The van der Waals surface area contributed by atoms with Crippen molar-refractivity contribution in [3.05, 3.63) is 11.9 Å². The zero-order valence-corrected chi connectivity index (χ0v) is 11.6. The van der Waals surface area contributed by atoms with E-state index in [0.29, 0.717) is 0 Å². The maximum absolute atomic E-state index is 5.96. The van der Waals surface area contributed by atoms with Gasteiger partial charge in [0.15, 0.2) is 0 Å². The van der Waals surface area contributed by atoms with Crippen LogP contribution in [-0.4, -0.2) is 42.2 Å². The van der Waals surface area contributed by atoms with Gasteiger partial charge in [0.25, 0.3) is 0 Å². The van der Waals surface area contributed by atoms with Crippen LogP contribution < -0.4 is 15.5 Å². The molecule has 2 N–H and O–H groups in total. The van der Waals surface area contributed by atoms with Gasteiger partial charge in [0.05, 0.1) is 0 Å². The summed E-state index contributed by atoms with van der Waals surface area (Å²) >= 11 is 0. The van der Waals surface area contributed by atoms with Gasteiger partial charge in [-0.05, 0) is 27.2 Å². The molecule has 1 fully saturated rings. The van der Waals surface area contributed by atoms with Crippen molar-refractivity contribution in [1.82, 2.24) is 9.97 Å². The predicted octanol–water partition coefficient (Wildman–Crippen LogP) is 1.17. The van der Waals surface area contributed by atoms with Crippen LogP contribution in [0.1, 0.15) is 26.1 Å². The van der Waals surface area contributed by atoms with Crippen LogP contribution in [0.2, 0.25) is 0 Å². The number of aromatic nitrogens is 2. The molecule has 0 saturated carbocycles. The zero-order chi connectivity index (χ0) is 13.1. The van der Waals surface area contributed by atoms with E-state index in [1.165, 1.54) is 0 Å². The van der Waals surface area contributed by atoms with Crippen LogP contribution in [0.15, 0.2) is 6.07 Å². The number of aryl methyl sites for hydroxylation is 1. The van der Waals surface area contributed by atoms with E-state index < -0.39 is 0 Å². The molecule has 2 rings (SSSR count). The quantitative estimate of drug-likeness (QED) is 0.868. The van der Waals surface area contributed by atoms with Crippen molar-refractivity contribution in [2.45, 2.75) is 33.2 Å². The summed E-state index contributed by atoms with van der Waals surface area (Å²) in [5.41, 5.74) is 5.96. The molecular formula is C13H23N5. The standard InChI is InChI=1S/C13H23N5/c1-4-17(5-2)12-8-13(16-10(3)15-12)18-7-6-11(14)9-18/h8,11H,4-7,9,14H2,1-3H3. The topological polar surface area (TPSA) is 58.3 Å². The van der Waals surface area contributed by atoms with Gasteiger partial charge in [-0.2, -0.15) is 0 Å². The van der Waals surface area contributed by atoms with E-state index in [1.54, 1.807) is 0 Å². The van der Waals surface area contributed by atoms with E-state index >= 15 is 0 Å². The van der Waals surface area contributed by atoms with E-state index in [-0.39, 0.29) is 6.04 Å². The van der Waals surface area contributed by atoms with Crippen molar-refractivity contribution in [3.8, 4) is 0 Å². The Balaban J connectivity index is 2.26. The molecular weight excluding hydrogens is 226 g/mol. The van der Waals surface area contributed by atoms with Gasteiger partial charge in [-0.3, -0.25) is 0 Å². The van der Waals surface area contributed by atoms with Crippen molar-refractivity contribution >= 4 is 11.6 Å². The van der Waals surface area contributed by atoms with Crippen molar-refractivity contribution in [1.29, 1.82) is 0 Å². The first-order valence-electron chi connectivity index (χ1n) is 6.75. The SMILES string of the molecule is CCN(CC)c1cc(N2CCC(N)C2)nc(C)n1. The van der Waals surface area contributed by atoms with Crippen LogP contribution >= 0.6 is 0 Å². The third-order valence-electron chi connectivity index (χ3n) is 3.45. The van der Waals surface area contributed by atoms with E-state index in [2.05, 4.69) is 39.7 Å². The molecule has 0 bridgehead atoms. The molecule has 1 unspecified atom stereocenters. The van der Waals surface area contributed by atoms with E-state index in [4.69, 9.17) is 5.73 Å². The van der Waals surface area contributed by atoms with Gasteiger partial charge in [-0.15, -0.1) is 0 Å². The van der Waals surface area contributed by atoms with Gasteiger partial charge in [0.2, 0.25) is 0 Å². The van der Waals surface area contributed by atoms with Gasteiger partial charge < -0.3 is 15.5 Å². The first kappa shape index (κ1) is 13.1. The Morgan fingerprint density at radius 3 is 2.67 bits per heavy atom. The third-order valence-corrected chi connectivity index (χ3v) is 3.45. The molecule has 0 amide bonds. The summed E-state index contributed by atoms with van der Waals surface area (Å²) in [7, 11) is 0. The van der Waals surface area contributed by atoms with Gasteiger partial charge >= 0.3 is 0 Å². The fraction of sp³-hybridized carbons (Fsp3) is 0.692. The van der Waals surface area contributed by atoms with Crippen molar-refractivity contribution in [3.63, 3.8) is 0 Å². The van der Waals surface area contributed by atoms with Gasteiger partial charge in [-0.1, -0.05) is 0 Å². The van der Waals surface area contributed by atoms with Crippen molar-refractivity contribution < 1.29 is 0 Å². The van der Waals surface area contributed by atoms with Crippen molar-refractivity contribution in [2.24, 2.45) is 5.73 Å². The highest BCUT2D eigenvalue weighted by molar-refractivity contribution is 5.51. The van der Waals surface area contributed by atoms with Gasteiger partial charge in [0, 0.05) is 38.3 Å². The van der Waals surface area contributed by atoms with Gasteiger partial charge in [-0.25, -0.2) is 9.97 Å². The Morgan fingerprint density at radius 2 is 2.11 bits per heavy atom. The minimum absolute atomic E-state index is 0.275. The molecule has 1 atom stereocenters. The summed E-state index contributed by atoms with van der Waals surface area (Å²) in [6.07, 6.45) is 1.05. The van der Waals surface area contributed by atoms with Gasteiger partial charge in [0.1, 0.15) is 17.5 Å². The first-order valence-corrected chi connectivity index (χ1v) is 6.75. The molecule has 1 aromatic heterocycles. The second-order valence-corrected chi connectivity index (χ2v) is 4.80. The lowest BCUT2D eigenvalue weighted by Crippen LogP contribution is -2.28. The second kappa shape index (κ2) is 5.52. The minimum Gasteiger partial charge on any atom is -0.357 e. The van der Waals surface area contributed by atoms with Crippen LogP contribution in [0, 0.1) is 6.92 Å². The number of rotatable bonds is 4. The summed E-state index contributed by atoms with van der Waals surface area (Å²) in [4.78, 5) is 13.6. The lowest BCUT2D eigenvalue weighted by molar-refractivity contribution is 0.750. The lowest BCUT2D eigenvalue weighted by atomic mass is 10.3. The Kier molecular flexibility index (Phi) is 4.01. The molecule has 5 heteroatoms. The summed E-state index contributed by atoms with van der Waals surface area (Å²) in [5.74, 6) is 2.86. The number of nitrogens with two attached hydrogens (primary N) is 1. The highest BCUT2D eigenvalue weighted by Gasteiger charge is 2.21. The maximum atomic E-state index is 5.96. The predicted molar refractivity (Wildman–Crippen MR) is 75.1 cm³/mol. The summed E-state index contributed by atoms with van der Waals surface area (Å²) in [6.45, 7) is 10.1. The molecule has 0 aliphatic carbocycles. The smallest absolute Gasteiger partial charge is 0.134 e. The molecule has 5 nitrogen and oxygen atoms in total. The normalized spacial score (nSPS) is 19.3. The van der Waals surface area contributed by atoms with Crippen LogP contribution in [0.3, 0.4) is 0 Å². The van der Waals surface area contributed by atoms with Crippen LogP contribution in [0.25, 0.3) is 0 Å². The molecule has 0 aromatic carbocycles. The average Bonchev–Trinajstić information content (AvgIpc) is 2.77. The van der Waals surface area contributed by atoms with Crippen LogP contribution in [0.5, 0.6) is 0 Å². The summed E-state index contributed by atoms with van der Waals surface area (Å²) in [5, 5.41) is 0.